The van der Waals surface area contributed by atoms with Crippen LogP contribution in [-0.2, 0) is 14.9 Å². The van der Waals surface area contributed by atoms with Gasteiger partial charge < -0.3 is 14.5 Å². The number of benzene rings is 2. The number of halogens is 5. The molecule has 3 saturated heterocycles. The Balaban J connectivity index is 1.22. The zero-order valence-corrected chi connectivity index (χ0v) is 26.2. The monoisotopic (exact) mass is 644 g/mol. The summed E-state index contributed by atoms with van der Waals surface area (Å²) >= 11 is 0. The zero-order chi connectivity index (χ0) is 32.6. The van der Waals surface area contributed by atoms with E-state index in [9.17, 15) is 22.4 Å². The van der Waals surface area contributed by atoms with Gasteiger partial charge in [0.05, 0.1) is 31.8 Å². The van der Waals surface area contributed by atoms with Crippen molar-refractivity contribution in [1.82, 2.24) is 9.80 Å². The average molecular weight is 645 g/mol. The molecule has 3 aliphatic heterocycles. The highest BCUT2D eigenvalue weighted by molar-refractivity contribution is 5.69. The number of nitrogens with zero attached hydrogens (tertiary/aromatic N) is 4. The van der Waals surface area contributed by atoms with Gasteiger partial charge in [-0.1, -0.05) is 6.42 Å². The number of esters is 1. The van der Waals surface area contributed by atoms with Crippen molar-refractivity contribution >= 4 is 11.7 Å². The number of ether oxygens (including phenoxy) is 1. The molecule has 0 spiro atoms. The molecule has 248 valence electrons. The number of nitriles is 1. The van der Waals surface area contributed by atoms with Crippen molar-refractivity contribution in [2.24, 2.45) is 17.8 Å². The molecule has 4 fully saturated rings. The second-order valence-electron chi connectivity index (χ2n) is 13.9. The van der Waals surface area contributed by atoms with Crippen LogP contribution >= 0.6 is 0 Å². The number of hydrogen-bond donors (Lipinski definition) is 0. The molecule has 2 aromatic carbocycles. The first kappa shape index (κ1) is 32.7. The highest BCUT2D eigenvalue weighted by Gasteiger charge is 2.54. The van der Waals surface area contributed by atoms with Crippen LogP contribution in [0.25, 0.3) is 0 Å². The minimum absolute atomic E-state index is 0.0230. The molecule has 0 amide bonds. The van der Waals surface area contributed by atoms with Crippen molar-refractivity contribution in [3.63, 3.8) is 0 Å². The quantitative estimate of drug-likeness (QED) is 0.235. The fourth-order valence-corrected chi connectivity index (χ4v) is 8.91. The van der Waals surface area contributed by atoms with Gasteiger partial charge in [-0.15, -0.1) is 0 Å². The third kappa shape index (κ3) is 6.35. The summed E-state index contributed by atoms with van der Waals surface area (Å²) in [5.74, 6) is -3.19. The standard InChI is InChI=1S/C35H41F5N4O2/c1-46-32(45)14-24-4-2-5-29(24)35(22-42-8-3-9-42,26-15-27(36)17-28(37)16-26)25-6-10-43(11-7-25)19-34(40)20-44(21-34)33-30(38)12-23(18-41)13-31(33)39/h12-13,15-17,24-25,29H,2-11,14,19-22H2,1H3/t24-,29+,35+/m1/s1. The van der Waals surface area contributed by atoms with Crippen molar-refractivity contribution in [1.29, 1.82) is 5.26 Å². The SMILES string of the molecule is COC(=O)C[C@H]1CCC[C@@H]1[C@](CN1CCC1)(c1cc(F)cc(F)c1)C1CCN(CC2(F)CN(c3c(F)cc(C#N)cc3F)C2)CC1. The fourth-order valence-electron chi connectivity index (χ4n) is 8.91. The Morgan fingerprint density at radius 2 is 1.59 bits per heavy atom. The summed E-state index contributed by atoms with van der Waals surface area (Å²) in [4.78, 5) is 18.2. The Hall–Kier alpha value is -3.23. The molecular weight excluding hydrogens is 603 g/mol. The second kappa shape index (κ2) is 13.1. The number of rotatable bonds is 10. The lowest BCUT2D eigenvalue weighted by Gasteiger charge is -2.54. The first-order chi connectivity index (χ1) is 22.0. The Morgan fingerprint density at radius 1 is 0.935 bits per heavy atom. The molecule has 3 atom stereocenters. The molecule has 0 aromatic heterocycles. The predicted octanol–water partition coefficient (Wildman–Crippen LogP) is 5.98. The number of methoxy groups -OCH3 is 1. The fraction of sp³-hybridized carbons (Fsp3) is 0.600. The van der Waals surface area contributed by atoms with E-state index in [1.807, 2.05) is 4.90 Å². The van der Waals surface area contributed by atoms with Crippen LogP contribution in [0.15, 0.2) is 30.3 Å². The number of likely N-dealkylation sites (tertiary alicyclic amines) is 2. The highest BCUT2D eigenvalue weighted by atomic mass is 19.2. The van der Waals surface area contributed by atoms with Gasteiger partial charge in [-0.25, -0.2) is 22.0 Å². The molecule has 0 radical (unpaired) electrons. The molecule has 0 N–H and O–H groups in total. The predicted molar refractivity (Wildman–Crippen MR) is 163 cm³/mol. The molecule has 1 saturated carbocycles. The minimum atomic E-state index is -1.66. The summed E-state index contributed by atoms with van der Waals surface area (Å²) in [5, 5.41) is 8.97. The van der Waals surface area contributed by atoms with E-state index in [1.165, 1.54) is 24.1 Å². The lowest BCUT2D eigenvalue weighted by atomic mass is 9.56. The maximum atomic E-state index is 15.9. The van der Waals surface area contributed by atoms with Crippen LogP contribution in [0.4, 0.5) is 27.6 Å². The molecule has 1 aliphatic carbocycles. The van der Waals surface area contributed by atoms with Crippen LogP contribution in [0.5, 0.6) is 0 Å². The molecule has 0 bridgehead atoms. The molecule has 2 aromatic rings. The van der Waals surface area contributed by atoms with Crippen molar-refractivity contribution in [2.75, 3.05) is 64.4 Å². The first-order valence-corrected chi connectivity index (χ1v) is 16.3. The van der Waals surface area contributed by atoms with E-state index < -0.39 is 34.4 Å². The largest absolute Gasteiger partial charge is 0.469 e. The Labute approximate surface area is 267 Å². The summed E-state index contributed by atoms with van der Waals surface area (Å²) in [6.07, 6.45) is 5.32. The number of carbonyl (C=O) groups is 1. The van der Waals surface area contributed by atoms with E-state index in [4.69, 9.17) is 10.00 Å². The van der Waals surface area contributed by atoms with Gasteiger partial charge in [0.25, 0.3) is 0 Å². The zero-order valence-electron chi connectivity index (χ0n) is 26.2. The van der Waals surface area contributed by atoms with Crippen molar-refractivity contribution in [2.45, 2.75) is 56.0 Å². The minimum Gasteiger partial charge on any atom is -0.469 e. The number of hydrogen-bond acceptors (Lipinski definition) is 6. The Bertz CT molecular complexity index is 1440. The van der Waals surface area contributed by atoms with Crippen LogP contribution in [-0.4, -0.2) is 80.9 Å². The third-order valence-corrected chi connectivity index (χ3v) is 11.0. The summed E-state index contributed by atoms with van der Waals surface area (Å²) in [7, 11) is 1.38. The van der Waals surface area contributed by atoms with E-state index in [1.54, 1.807) is 6.07 Å². The van der Waals surface area contributed by atoms with Crippen LogP contribution in [0, 0.1) is 52.4 Å². The van der Waals surface area contributed by atoms with E-state index >= 15 is 4.39 Å². The smallest absolute Gasteiger partial charge is 0.305 e. The summed E-state index contributed by atoms with van der Waals surface area (Å²) < 4.78 is 79.8. The van der Waals surface area contributed by atoms with Gasteiger partial charge in [0.15, 0.2) is 17.3 Å². The summed E-state index contributed by atoms with van der Waals surface area (Å²) in [6, 6.07) is 7.49. The summed E-state index contributed by atoms with van der Waals surface area (Å²) in [5.41, 5.74) is -2.07. The maximum absolute atomic E-state index is 15.9. The van der Waals surface area contributed by atoms with E-state index in [0.29, 0.717) is 38.0 Å². The number of alkyl halides is 1. The van der Waals surface area contributed by atoms with Crippen LogP contribution in [0.3, 0.4) is 0 Å². The number of piperidine rings is 1. The van der Waals surface area contributed by atoms with Gasteiger partial charge in [-0.2, -0.15) is 5.26 Å². The number of carbonyl (C=O) groups excluding carboxylic acids is 1. The molecule has 6 nitrogen and oxygen atoms in total. The molecule has 46 heavy (non-hydrogen) atoms. The van der Waals surface area contributed by atoms with E-state index in [2.05, 4.69) is 4.90 Å². The van der Waals surface area contributed by atoms with Crippen molar-refractivity contribution in [3.8, 4) is 6.07 Å². The lowest BCUT2D eigenvalue weighted by molar-refractivity contribution is -0.142. The van der Waals surface area contributed by atoms with E-state index in [-0.39, 0.29) is 61.0 Å². The molecular formula is C35H41F5N4O2. The number of anilines is 1. The van der Waals surface area contributed by atoms with Gasteiger partial charge in [0.2, 0.25) is 0 Å². The van der Waals surface area contributed by atoms with Gasteiger partial charge >= 0.3 is 5.97 Å². The summed E-state index contributed by atoms with van der Waals surface area (Å²) in [6.45, 7) is 3.40. The maximum Gasteiger partial charge on any atom is 0.305 e. The van der Waals surface area contributed by atoms with Crippen LogP contribution < -0.4 is 4.90 Å². The van der Waals surface area contributed by atoms with Crippen LogP contribution in [0.1, 0.15) is 56.1 Å². The topological polar surface area (TPSA) is 59.8 Å². The van der Waals surface area contributed by atoms with Gasteiger partial charge in [0.1, 0.15) is 17.3 Å². The molecule has 3 heterocycles. The van der Waals surface area contributed by atoms with Crippen molar-refractivity contribution < 1.29 is 31.5 Å². The Kier molecular flexibility index (Phi) is 9.32. The van der Waals surface area contributed by atoms with Crippen molar-refractivity contribution in [3.05, 3.63) is 64.7 Å². The van der Waals surface area contributed by atoms with E-state index in [0.717, 1.165) is 57.0 Å². The first-order valence-electron chi connectivity index (χ1n) is 16.3. The normalized spacial score (nSPS) is 24.9. The molecule has 0 unspecified atom stereocenters. The molecule has 4 aliphatic rings. The third-order valence-electron chi connectivity index (χ3n) is 11.0. The highest BCUT2D eigenvalue weighted by Crippen LogP contribution is 2.54. The second-order valence-corrected chi connectivity index (χ2v) is 13.9. The van der Waals surface area contributed by atoms with Gasteiger partial charge in [0, 0.05) is 31.0 Å². The average Bonchev–Trinajstić information content (AvgIpc) is 3.43. The molecule has 6 rings (SSSR count). The van der Waals surface area contributed by atoms with Gasteiger partial charge in [-0.3, -0.25) is 9.69 Å². The Morgan fingerprint density at radius 3 is 2.15 bits per heavy atom. The van der Waals surface area contributed by atoms with Crippen LogP contribution in [0.2, 0.25) is 0 Å². The molecule has 11 heteroatoms. The van der Waals surface area contributed by atoms with Gasteiger partial charge in [-0.05, 0) is 106 Å². The lowest BCUT2D eigenvalue weighted by Crippen LogP contribution is -2.65.